The van der Waals surface area contributed by atoms with Gasteiger partial charge in [0.1, 0.15) is 5.57 Å². The Morgan fingerprint density at radius 1 is 0.933 bits per heavy atom. The average Bonchev–Trinajstić information content (AvgIpc) is 2.77. The first-order valence-electron chi connectivity index (χ1n) is 11.5. The Labute approximate surface area is 181 Å². The molecule has 1 N–H and O–H groups in total. The molecule has 0 aliphatic heterocycles. The monoisotopic (exact) mass is 408 g/mol. The number of carboxylic acid groups (broad SMARTS) is 1. The molecule has 2 aromatic rings. The number of unbranched alkanes of at least 4 members (excludes halogenated alkanes) is 6. The van der Waals surface area contributed by atoms with Crippen molar-refractivity contribution in [3.63, 3.8) is 0 Å². The van der Waals surface area contributed by atoms with Crippen LogP contribution in [0.1, 0.15) is 94.5 Å². The van der Waals surface area contributed by atoms with Gasteiger partial charge in [0.15, 0.2) is 5.82 Å². The molecule has 30 heavy (non-hydrogen) atoms. The lowest BCUT2D eigenvalue weighted by Gasteiger charge is -2.15. The van der Waals surface area contributed by atoms with Gasteiger partial charge >= 0.3 is 5.97 Å². The number of carboxylic acids is 1. The maximum atomic E-state index is 12.0. The topological polar surface area (TPSA) is 63.1 Å². The third-order valence-electron chi connectivity index (χ3n) is 5.46. The zero-order valence-corrected chi connectivity index (χ0v) is 18.5. The van der Waals surface area contributed by atoms with Crippen molar-refractivity contribution in [2.75, 3.05) is 0 Å². The first-order chi connectivity index (χ1) is 14.7. The highest BCUT2D eigenvalue weighted by molar-refractivity contribution is 6.14. The molecule has 0 saturated heterocycles. The summed E-state index contributed by atoms with van der Waals surface area (Å²) in [5, 5.41) is 9.85. The summed E-state index contributed by atoms with van der Waals surface area (Å²) in [6.07, 6.45) is 16.7. The van der Waals surface area contributed by atoms with E-state index in [1.807, 2.05) is 24.3 Å². The van der Waals surface area contributed by atoms with Crippen LogP contribution in [0.5, 0.6) is 0 Å². The normalized spacial score (nSPS) is 12.7. The van der Waals surface area contributed by atoms with Crippen molar-refractivity contribution in [1.82, 2.24) is 9.97 Å². The standard InChI is InChI=1S/C26H36N2O2/c1-3-5-7-10-14-21-19-27-25(28-20-21)24(26(29)30)18-23(17-11-8-6-4-2)22-15-12-9-13-16-22/h9,12-13,15-16,18-20,23H,3-8,10-11,14,17H2,1-2H3,(H,29,30)/b24-18+. The highest BCUT2D eigenvalue weighted by Gasteiger charge is 2.18. The molecule has 4 heteroatoms. The summed E-state index contributed by atoms with van der Waals surface area (Å²) in [4.78, 5) is 20.8. The van der Waals surface area contributed by atoms with Crippen LogP contribution in [0, 0.1) is 0 Å². The fourth-order valence-electron chi connectivity index (χ4n) is 3.66. The summed E-state index contributed by atoms with van der Waals surface area (Å²) < 4.78 is 0. The minimum atomic E-state index is -0.972. The second kappa shape index (κ2) is 13.7. The number of benzene rings is 1. The molecule has 4 nitrogen and oxygen atoms in total. The summed E-state index contributed by atoms with van der Waals surface area (Å²) in [6.45, 7) is 4.39. The SMILES string of the molecule is CCCCCCc1cnc(/C(=C\C(CCCCCC)c2ccccc2)C(=O)O)nc1. The molecule has 1 aromatic heterocycles. The third-order valence-corrected chi connectivity index (χ3v) is 5.46. The summed E-state index contributed by atoms with van der Waals surface area (Å²) in [5.74, 6) is -0.624. The molecule has 0 aliphatic carbocycles. The highest BCUT2D eigenvalue weighted by Crippen LogP contribution is 2.27. The summed E-state index contributed by atoms with van der Waals surface area (Å²) in [6, 6.07) is 10.1. The third kappa shape index (κ3) is 8.10. The Kier molecular flexibility index (Phi) is 10.8. The molecule has 0 aliphatic rings. The van der Waals surface area contributed by atoms with E-state index in [0.717, 1.165) is 36.8 Å². The molecule has 0 amide bonds. The van der Waals surface area contributed by atoms with Crippen LogP contribution in [0.4, 0.5) is 0 Å². The van der Waals surface area contributed by atoms with Crippen molar-refractivity contribution < 1.29 is 9.90 Å². The Bertz CT molecular complexity index is 769. The molecule has 2 rings (SSSR count). The van der Waals surface area contributed by atoms with Crippen LogP contribution in [-0.2, 0) is 11.2 Å². The van der Waals surface area contributed by atoms with Gasteiger partial charge in [-0.2, -0.15) is 0 Å². The fraction of sp³-hybridized carbons (Fsp3) is 0.500. The lowest BCUT2D eigenvalue weighted by atomic mass is 9.91. The number of rotatable bonds is 14. The van der Waals surface area contributed by atoms with Crippen LogP contribution < -0.4 is 0 Å². The molecule has 1 aromatic carbocycles. The number of aliphatic carboxylic acids is 1. The number of aryl methyl sites for hydroxylation is 1. The summed E-state index contributed by atoms with van der Waals surface area (Å²) in [7, 11) is 0. The Morgan fingerprint density at radius 2 is 1.57 bits per heavy atom. The summed E-state index contributed by atoms with van der Waals surface area (Å²) in [5.41, 5.74) is 2.40. The number of aromatic nitrogens is 2. The van der Waals surface area contributed by atoms with Gasteiger partial charge in [0, 0.05) is 18.3 Å². The Morgan fingerprint density at radius 3 is 2.17 bits per heavy atom. The number of hydrogen-bond acceptors (Lipinski definition) is 3. The van der Waals surface area contributed by atoms with E-state index in [1.165, 1.54) is 38.5 Å². The minimum absolute atomic E-state index is 0.0477. The van der Waals surface area contributed by atoms with Gasteiger partial charge in [0.25, 0.3) is 0 Å². The van der Waals surface area contributed by atoms with Crippen molar-refractivity contribution in [2.45, 2.75) is 84.0 Å². The van der Waals surface area contributed by atoms with Crippen molar-refractivity contribution in [3.05, 3.63) is 65.8 Å². The van der Waals surface area contributed by atoms with Crippen LogP contribution in [0.3, 0.4) is 0 Å². The van der Waals surface area contributed by atoms with Crippen molar-refractivity contribution >= 4 is 11.5 Å². The van der Waals surface area contributed by atoms with E-state index in [4.69, 9.17) is 0 Å². The molecule has 1 heterocycles. The van der Waals surface area contributed by atoms with E-state index in [-0.39, 0.29) is 11.5 Å². The molecule has 1 unspecified atom stereocenters. The Hall–Kier alpha value is -2.49. The molecular formula is C26H36N2O2. The highest BCUT2D eigenvalue weighted by atomic mass is 16.4. The molecule has 0 radical (unpaired) electrons. The molecule has 162 valence electrons. The van der Waals surface area contributed by atoms with E-state index in [0.29, 0.717) is 5.82 Å². The molecule has 0 spiro atoms. The first kappa shape index (κ1) is 23.8. The van der Waals surface area contributed by atoms with Crippen molar-refractivity contribution in [2.24, 2.45) is 0 Å². The Balaban J connectivity index is 2.18. The maximum absolute atomic E-state index is 12.0. The molecule has 1 atom stereocenters. The fourth-order valence-corrected chi connectivity index (χ4v) is 3.66. The van der Waals surface area contributed by atoms with Gasteiger partial charge in [0.05, 0.1) is 0 Å². The van der Waals surface area contributed by atoms with Gasteiger partial charge in [-0.05, 0) is 30.4 Å². The molecule has 0 saturated carbocycles. The predicted molar refractivity (Wildman–Crippen MR) is 123 cm³/mol. The average molecular weight is 409 g/mol. The number of nitrogens with zero attached hydrogens (tertiary/aromatic N) is 2. The zero-order chi connectivity index (χ0) is 21.6. The van der Waals surface area contributed by atoms with Crippen molar-refractivity contribution in [1.29, 1.82) is 0 Å². The second-order valence-electron chi connectivity index (χ2n) is 7.98. The van der Waals surface area contributed by atoms with E-state index >= 15 is 0 Å². The van der Waals surface area contributed by atoms with Gasteiger partial charge in [0.2, 0.25) is 0 Å². The summed E-state index contributed by atoms with van der Waals surface area (Å²) >= 11 is 0. The van der Waals surface area contributed by atoms with Crippen LogP contribution in [0.25, 0.3) is 5.57 Å². The molecular weight excluding hydrogens is 372 g/mol. The van der Waals surface area contributed by atoms with Crippen LogP contribution in [-0.4, -0.2) is 21.0 Å². The van der Waals surface area contributed by atoms with E-state index < -0.39 is 5.97 Å². The van der Waals surface area contributed by atoms with Crippen LogP contribution in [0.2, 0.25) is 0 Å². The van der Waals surface area contributed by atoms with Gasteiger partial charge in [-0.1, -0.05) is 95.2 Å². The van der Waals surface area contributed by atoms with E-state index in [1.54, 1.807) is 12.4 Å². The predicted octanol–water partition coefficient (Wildman–Crippen LogP) is 6.82. The number of carbonyl (C=O) groups is 1. The van der Waals surface area contributed by atoms with Crippen LogP contribution >= 0.6 is 0 Å². The van der Waals surface area contributed by atoms with E-state index in [2.05, 4.69) is 35.9 Å². The van der Waals surface area contributed by atoms with E-state index in [9.17, 15) is 9.90 Å². The maximum Gasteiger partial charge on any atom is 0.339 e. The van der Waals surface area contributed by atoms with Crippen LogP contribution in [0.15, 0.2) is 48.8 Å². The zero-order valence-electron chi connectivity index (χ0n) is 18.5. The first-order valence-corrected chi connectivity index (χ1v) is 11.5. The molecule has 0 bridgehead atoms. The number of allylic oxidation sites excluding steroid dienone is 1. The second-order valence-corrected chi connectivity index (χ2v) is 7.98. The van der Waals surface area contributed by atoms with Gasteiger partial charge in [-0.15, -0.1) is 0 Å². The number of hydrogen-bond donors (Lipinski definition) is 1. The quantitative estimate of drug-likeness (QED) is 0.275. The van der Waals surface area contributed by atoms with Crippen molar-refractivity contribution in [3.8, 4) is 0 Å². The molecule has 0 fully saturated rings. The smallest absolute Gasteiger partial charge is 0.339 e. The van der Waals surface area contributed by atoms with Gasteiger partial charge in [-0.25, -0.2) is 14.8 Å². The largest absolute Gasteiger partial charge is 0.478 e. The van der Waals surface area contributed by atoms with Gasteiger partial charge < -0.3 is 5.11 Å². The lowest BCUT2D eigenvalue weighted by molar-refractivity contribution is -0.130. The lowest BCUT2D eigenvalue weighted by Crippen LogP contribution is -2.07. The minimum Gasteiger partial charge on any atom is -0.478 e. The van der Waals surface area contributed by atoms with Gasteiger partial charge in [-0.3, -0.25) is 0 Å².